The van der Waals surface area contributed by atoms with Crippen molar-refractivity contribution in [1.82, 2.24) is 15.1 Å². The van der Waals surface area contributed by atoms with Gasteiger partial charge in [-0.25, -0.2) is 4.79 Å². The molecule has 0 aromatic rings. The second kappa shape index (κ2) is 7.96. The molecule has 0 unspecified atom stereocenters. The van der Waals surface area contributed by atoms with Gasteiger partial charge < -0.3 is 24.6 Å². The molecule has 1 amide bonds. The molecule has 6 heteroatoms. The molecule has 2 aliphatic heterocycles. The summed E-state index contributed by atoms with van der Waals surface area (Å²) < 4.78 is 10.9. The number of hydrogen-bond acceptors (Lipinski definition) is 5. The van der Waals surface area contributed by atoms with Crippen LogP contribution in [-0.2, 0) is 9.47 Å². The van der Waals surface area contributed by atoms with Crippen molar-refractivity contribution in [2.45, 2.75) is 44.9 Å². The second-order valence-corrected chi connectivity index (χ2v) is 5.95. The van der Waals surface area contributed by atoms with Gasteiger partial charge in [0.2, 0.25) is 0 Å². The maximum atomic E-state index is 11.7. The zero-order valence-electron chi connectivity index (χ0n) is 13.5. The average molecular weight is 299 g/mol. The Morgan fingerprint density at radius 3 is 2.52 bits per heavy atom. The number of ether oxygens (including phenoxy) is 2. The minimum absolute atomic E-state index is 0.177. The molecule has 6 nitrogen and oxygen atoms in total. The first-order valence-electron chi connectivity index (χ1n) is 8.11. The van der Waals surface area contributed by atoms with E-state index in [9.17, 15) is 4.79 Å². The van der Waals surface area contributed by atoms with Crippen LogP contribution >= 0.6 is 0 Å². The summed E-state index contributed by atoms with van der Waals surface area (Å²) >= 11 is 0. The van der Waals surface area contributed by atoms with Crippen LogP contribution in [0.4, 0.5) is 4.79 Å². The summed E-state index contributed by atoms with van der Waals surface area (Å²) in [6, 6.07) is 0.865. The Morgan fingerprint density at radius 1 is 1.19 bits per heavy atom. The Kier molecular flexibility index (Phi) is 6.26. The molecule has 0 bridgehead atoms. The molecule has 2 aliphatic rings. The topological polar surface area (TPSA) is 54.0 Å². The predicted molar refractivity (Wildman–Crippen MR) is 81.5 cm³/mol. The van der Waals surface area contributed by atoms with E-state index in [1.807, 2.05) is 18.7 Å². The Balaban J connectivity index is 1.76. The molecule has 122 valence electrons. The standard InChI is InChI=1S/C15H29N3O3/c1-4-20-14-11-17(3)10-13(14)16-12-6-8-18(9-7-12)15(19)21-5-2/h12-14,16H,4-11H2,1-3H3/t13-,14-/m0/s1. The molecule has 0 aromatic heterocycles. The van der Waals surface area contributed by atoms with Crippen molar-refractivity contribution < 1.29 is 14.3 Å². The van der Waals surface area contributed by atoms with Gasteiger partial charge in [0.25, 0.3) is 0 Å². The molecule has 0 spiro atoms. The number of hydrogen-bond donors (Lipinski definition) is 1. The van der Waals surface area contributed by atoms with E-state index in [1.54, 1.807) is 0 Å². The average Bonchev–Trinajstić information content (AvgIpc) is 2.80. The Labute approximate surface area is 127 Å². The van der Waals surface area contributed by atoms with Crippen LogP contribution in [0.5, 0.6) is 0 Å². The lowest BCUT2D eigenvalue weighted by Crippen LogP contribution is -2.51. The van der Waals surface area contributed by atoms with Gasteiger partial charge in [-0.15, -0.1) is 0 Å². The summed E-state index contributed by atoms with van der Waals surface area (Å²) in [6.07, 6.45) is 2.07. The number of piperidine rings is 1. The number of rotatable bonds is 5. The van der Waals surface area contributed by atoms with Crippen LogP contribution in [-0.4, -0.2) is 80.5 Å². The maximum Gasteiger partial charge on any atom is 0.409 e. The third kappa shape index (κ3) is 4.56. The highest BCUT2D eigenvalue weighted by molar-refractivity contribution is 5.67. The van der Waals surface area contributed by atoms with Crippen LogP contribution in [0.25, 0.3) is 0 Å². The van der Waals surface area contributed by atoms with Crippen LogP contribution in [0.1, 0.15) is 26.7 Å². The molecule has 0 saturated carbocycles. The third-order valence-electron chi connectivity index (χ3n) is 4.30. The molecular weight excluding hydrogens is 270 g/mol. The highest BCUT2D eigenvalue weighted by atomic mass is 16.6. The summed E-state index contributed by atoms with van der Waals surface area (Å²) in [5.74, 6) is 0. The number of carbonyl (C=O) groups excluding carboxylic acids is 1. The van der Waals surface area contributed by atoms with Crippen molar-refractivity contribution >= 4 is 6.09 Å². The van der Waals surface area contributed by atoms with E-state index in [-0.39, 0.29) is 12.2 Å². The molecular formula is C15H29N3O3. The van der Waals surface area contributed by atoms with Gasteiger partial charge in [-0.3, -0.25) is 0 Å². The van der Waals surface area contributed by atoms with Crippen molar-refractivity contribution in [3.63, 3.8) is 0 Å². The van der Waals surface area contributed by atoms with Gasteiger partial charge in [-0.2, -0.15) is 0 Å². The summed E-state index contributed by atoms with van der Waals surface area (Å²) in [6.45, 7) is 8.68. The highest BCUT2D eigenvalue weighted by Gasteiger charge is 2.34. The largest absolute Gasteiger partial charge is 0.450 e. The van der Waals surface area contributed by atoms with Gasteiger partial charge >= 0.3 is 6.09 Å². The number of nitrogens with zero attached hydrogens (tertiary/aromatic N) is 2. The van der Waals surface area contributed by atoms with E-state index in [2.05, 4.69) is 17.3 Å². The van der Waals surface area contributed by atoms with Gasteiger partial charge in [-0.05, 0) is 33.7 Å². The summed E-state index contributed by atoms with van der Waals surface area (Å²) in [5, 5.41) is 3.73. The molecule has 2 heterocycles. The monoisotopic (exact) mass is 299 g/mol. The van der Waals surface area contributed by atoms with Crippen LogP contribution in [0, 0.1) is 0 Å². The third-order valence-corrected chi connectivity index (χ3v) is 4.30. The van der Waals surface area contributed by atoms with E-state index < -0.39 is 0 Å². The van der Waals surface area contributed by atoms with Crippen LogP contribution < -0.4 is 5.32 Å². The van der Waals surface area contributed by atoms with Gasteiger partial charge in [0.1, 0.15) is 0 Å². The van der Waals surface area contributed by atoms with E-state index >= 15 is 0 Å². The van der Waals surface area contributed by atoms with Crippen molar-refractivity contribution in [2.24, 2.45) is 0 Å². The molecule has 2 atom stereocenters. The minimum atomic E-state index is -0.177. The fourth-order valence-corrected chi connectivity index (χ4v) is 3.25. The van der Waals surface area contributed by atoms with E-state index in [4.69, 9.17) is 9.47 Å². The minimum Gasteiger partial charge on any atom is -0.450 e. The first-order valence-corrected chi connectivity index (χ1v) is 8.11. The van der Waals surface area contributed by atoms with Crippen LogP contribution in [0.2, 0.25) is 0 Å². The van der Waals surface area contributed by atoms with Gasteiger partial charge in [-0.1, -0.05) is 0 Å². The number of likely N-dealkylation sites (N-methyl/N-ethyl adjacent to an activating group) is 1. The second-order valence-electron chi connectivity index (χ2n) is 5.95. The number of likely N-dealkylation sites (tertiary alicyclic amines) is 2. The predicted octanol–water partition coefficient (Wildman–Crippen LogP) is 0.916. The summed E-state index contributed by atoms with van der Waals surface area (Å²) in [5.41, 5.74) is 0. The lowest BCUT2D eigenvalue weighted by Gasteiger charge is -2.34. The Hall–Kier alpha value is -0.850. The normalized spacial score (nSPS) is 28.0. The van der Waals surface area contributed by atoms with Crippen LogP contribution in [0.15, 0.2) is 0 Å². The fourth-order valence-electron chi connectivity index (χ4n) is 3.25. The van der Waals surface area contributed by atoms with E-state index in [0.29, 0.717) is 18.7 Å². The SMILES string of the molecule is CCOC(=O)N1CCC(N[C@H]2CN(C)C[C@@H]2OCC)CC1. The van der Waals surface area contributed by atoms with Gasteiger partial charge in [0.15, 0.2) is 0 Å². The zero-order chi connectivity index (χ0) is 15.2. The summed E-state index contributed by atoms with van der Waals surface area (Å²) in [4.78, 5) is 15.8. The lowest BCUT2D eigenvalue weighted by atomic mass is 10.0. The molecule has 2 fully saturated rings. The number of carbonyl (C=O) groups is 1. The molecule has 2 saturated heterocycles. The molecule has 0 radical (unpaired) electrons. The molecule has 0 aliphatic carbocycles. The molecule has 21 heavy (non-hydrogen) atoms. The van der Waals surface area contributed by atoms with Crippen molar-refractivity contribution in [1.29, 1.82) is 0 Å². The molecule has 1 N–H and O–H groups in total. The van der Waals surface area contributed by atoms with E-state index in [0.717, 1.165) is 45.6 Å². The maximum absolute atomic E-state index is 11.7. The van der Waals surface area contributed by atoms with E-state index in [1.165, 1.54) is 0 Å². The van der Waals surface area contributed by atoms with Crippen molar-refractivity contribution in [3.05, 3.63) is 0 Å². The Morgan fingerprint density at radius 2 is 1.90 bits per heavy atom. The van der Waals surface area contributed by atoms with Crippen molar-refractivity contribution in [3.8, 4) is 0 Å². The van der Waals surface area contributed by atoms with Crippen LogP contribution in [0.3, 0.4) is 0 Å². The lowest BCUT2D eigenvalue weighted by molar-refractivity contribution is 0.0479. The zero-order valence-corrected chi connectivity index (χ0v) is 13.5. The number of amides is 1. The summed E-state index contributed by atoms with van der Waals surface area (Å²) in [7, 11) is 2.14. The highest BCUT2D eigenvalue weighted by Crippen LogP contribution is 2.17. The Bertz CT molecular complexity index is 332. The van der Waals surface area contributed by atoms with Crippen molar-refractivity contribution in [2.75, 3.05) is 46.4 Å². The quantitative estimate of drug-likeness (QED) is 0.818. The first-order chi connectivity index (χ1) is 10.1. The molecule has 0 aromatic carbocycles. The fraction of sp³-hybridized carbons (Fsp3) is 0.933. The van der Waals surface area contributed by atoms with Gasteiger partial charge in [0, 0.05) is 44.9 Å². The first kappa shape index (κ1) is 16.5. The smallest absolute Gasteiger partial charge is 0.409 e. The van der Waals surface area contributed by atoms with Gasteiger partial charge in [0.05, 0.1) is 12.7 Å². The molecule has 2 rings (SSSR count). The number of nitrogens with one attached hydrogen (secondary N) is 1.